The fourth-order valence-corrected chi connectivity index (χ4v) is 3.12. The summed E-state index contributed by atoms with van der Waals surface area (Å²) in [7, 11) is 2.32. The van der Waals surface area contributed by atoms with Crippen LogP contribution in [0.2, 0.25) is 0 Å². The average Bonchev–Trinajstić information content (AvgIpc) is 2.90. The lowest BCUT2D eigenvalue weighted by Gasteiger charge is -2.24. The topological polar surface area (TPSA) is 15.3 Å². The SMILES string of the molecule is CN(CCCC1CCNC1)C1CCCC1. The molecular formula is C13H26N2. The maximum absolute atomic E-state index is 3.45. The van der Waals surface area contributed by atoms with Crippen LogP contribution >= 0.6 is 0 Å². The zero-order valence-electron chi connectivity index (χ0n) is 10.2. The highest BCUT2D eigenvalue weighted by Crippen LogP contribution is 2.23. The van der Waals surface area contributed by atoms with Crippen LogP contribution in [-0.4, -0.2) is 37.6 Å². The molecule has 2 heteroatoms. The average molecular weight is 210 g/mol. The van der Waals surface area contributed by atoms with Crippen molar-refractivity contribution in [2.75, 3.05) is 26.7 Å². The Morgan fingerprint density at radius 3 is 2.67 bits per heavy atom. The third-order valence-corrected chi connectivity index (χ3v) is 4.23. The van der Waals surface area contributed by atoms with Crippen LogP contribution in [0, 0.1) is 5.92 Å². The van der Waals surface area contributed by atoms with E-state index in [2.05, 4.69) is 17.3 Å². The molecule has 0 aromatic heterocycles. The van der Waals surface area contributed by atoms with Crippen molar-refractivity contribution in [3.8, 4) is 0 Å². The Morgan fingerprint density at radius 2 is 2.00 bits per heavy atom. The second-order valence-corrected chi connectivity index (χ2v) is 5.42. The minimum Gasteiger partial charge on any atom is -0.316 e. The van der Waals surface area contributed by atoms with Crippen molar-refractivity contribution >= 4 is 0 Å². The van der Waals surface area contributed by atoms with Crippen molar-refractivity contribution in [2.24, 2.45) is 5.92 Å². The van der Waals surface area contributed by atoms with Crippen LogP contribution in [0.25, 0.3) is 0 Å². The number of hydrogen-bond donors (Lipinski definition) is 1. The Hall–Kier alpha value is -0.0800. The normalized spacial score (nSPS) is 28.0. The third kappa shape index (κ3) is 3.46. The molecule has 0 aromatic carbocycles. The molecule has 1 saturated carbocycles. The Balaban J connectivity index is 1.56. The van der Waals surface area contributed by atoms with Gasteiger partial charge in [0.25, 0.3) is 0 Å². The predicted molar refractivity (Wildman–Crippen MR) is 65.1 cm³/mol. The van der Waals surface area contributed by atoms with Gasteiger partial charge < -0.3 is 10.2 Å². The van der Waals surface area contributed by atoms with Crippen molar-refractivity contribution in [3.63, 3.8) is 0 Å². The Morgan fingerprint density at radius 1 is 1.20 bits per heavy atom. The lowest BCUT2D eigenvalue weighted by molar-refractivity contribution is 0.236. The van der Waals surface area contributed by atoms with Gasteiger partial charge in [-0.1, -0.05) is 12.8 Å². The van der Waals surface area contributed by atoms with Crippen LogP contribution in [0.3, 0.4) is 0 Å². The van der Waals surface area contributed by atoms with E-state index in [1.165, 1.54) is 64.6 Å². The second kappa shape index (κ2) is 5.86. The van der Waals surface area contributed by atoms with Gasteiger partial charge in [0.15, 0.2) is 0 Å². The molecule has 2 aliphatic rings. The van der Waals surface area contributed by atoms with Gasteiger partial charge in [-0.25, -0.2) is 0 Å². The van der Waals surface area contributed by atoms with Crippen LogP contribution in [0.15, 0.2) is 0 Å². The number of hydrogen-bond acceptors (Lipinski definition) is 2. The summed E-state index contributed by atoms with van der Waals surface area (Å²) in [6.45, 7) is 3.84. The van der Waals surface area contributed by atoms with Crippen molar-refractivity contribution < 1.29 is 0 Å². The molecule has 2 nitrogen and oxygen atoms in total. The monoisotopic (exact) mass is 210 g/mol. The molecular weight excluding hydrogens is 184 g/mol. The molecule has 1 atom stereocenters. The highest BCUT2D eigenvalue weighted by molar-refractivity contribution is 4.76. The first-order valence-electron chi connectivity index (χ1n) is 6.77. The molecule has 1 unspecified atom stereocenters. The lowest BCUT2D eigenvalue weighted by Crippen LogP contribution is -2.30. The van der Waals surface area contributed by atoms with E-state index in [9.17, 15) is 0 Å². The van der Waals surface area contributed by atoms with Gasteiger partial charge in [0, 0.05) is 6.04 Å². The van der Waals surface area contributed by atoms with Crippen LogP contribution < -0.4 is 5.32 Å². The molecule has 88 valence electrons. The van der Waals surface area contributed by atoms with Gasteiger partial charge in [0.05, 0.1) is 0 Å². The quantitative estimate of drug-likeness (QED) is 0.749. The summed E-state index contributed by atoms with van der Waals surface area (Å²) in [6.07, 6.45) is 10.1. The van der Waals surface area contributed by atoms with Crippen molar-refractivity contribution in [1.29, 1.82) is 0 Å². The smallest absolute Gasteiger partial charge is 0.00922 e. The molecule has 0 aromatic rings. The van der Waals surface area contributed by atoms with Crippen LogP contribution in [0.5, 0.6) is 0 Å². The molecule has 15 heavy (non-hydrogen) atoms. The zero-order chi connectivity index (χ0) is 10.5. The maximum Gasteiger partial charge on any atom is 0.00922 e. The molecule has 0 radical (unpaired) electrons. The van der Waals surface area contributed by atoms with Gasteiger partial charge in [0.2, 0.25) is 0 Å². The molecule has 2 fully saturated rings. The zero-order valence-corrected chi connectivity index (χ0v) is 10.2. The highest BCUT2D eigenvalue weighted by Gasteiger charge is 2.19. The molecule has 0 spiro atoms. The van der Waals surface area contributed by atoms with E-state index in [0.717, 1.165) is 12.0 Å². The minimum atomic E-state index is 0.909. The molecule has 1 aliphatic heterocycles. The summed E-state index contributed by atoms with van der Waals surface area (Å²) in [4.78, 5) is 2.61. The largest absolute Gasteiger partial charge is 0.316 e. The van der Waals surface area contributed by atoms with Gasteiger partial charge in [-0.2, -0.15) is 0 Å². The van der Waals surface area contributed by atoms with E-state index in [0.29, 0.717) is 0 Å². The first kappa shape index (κ1) is 11.4. The minimum absolute atomic E-state index is 0.909. The van der Waals surface area contributed by atoms with E-state index in [4.69, 9.17) is 0 Å². The van der Waals surface area contributed by atoms with E-state index >= 15 is 0 Å². The van der Waals surface area contributed by atoms with Crippen LogP contribution in [-0.2, 0) is 0 Å². The van der Waals surface area contributed by atoms with Gasteiger partial charge in [0.1, 0.15) is 0 Å². The standard InChI is InChI=1S/C13H26N2/c1-15(13-6-2-3-7-13)10-4-5-12-8-9-14-11-12/h12-14H,2-11H2,1H3. The van der Waals surface area contributed by atoms with E-state index in [1.54, 1.807) is 0 Å². The van der Waals surface area contributed by atoms with Crippen molar-refractivity contribution in [3.05, 3.63) is 0 Å². The molecule has 2 rings (SSSR count). The fourth-order valence-electron chi connectivity index (χ4n) is 3.12. The molecule has 1 N–H and O–H groups in total. The summed E-state index contributed by atoms with van der Waals surface area (Å²) in [5.74, 6) is 0.974. The van der Waals surface area contributed by atoms with Gasteiger partial charge in [-0.3, -0.25) is 0 Å². The highest BCUT2D eigenvalue weighted by atomic mass is 15.1. The van der Waals surface area contributed by atoms with Crippen molar-refractivity contribution in [1.82, 2.24) is 10.2 Å². The van der Waals surface area contributed by atoms with E-state index in [-0.39, 0.29) is 0 Å². The molecule has 0 amide bonds. The lowest BCUT2D eigenvalue weighted by atomic mass is 10.0. The number of nitrogens with one attached hydrogen (secondary N) is 1. The van der Waals surface area contributed by atoms with Gasteiger partial charge in [-0.15, -0.1) is 0 Å². The third-order valence-electron chi connectivity index (χ3n) is 4.23. The second-order valence-electron chi connectivity index (χ2n) is 5.42. The maximum atomic E-state index is 3.45. The summed E-state index contributed by atoms with van der Waals surface area (Å²) in [5, 5.41) is 3.45. The molecule has 1 heterocycles. The summed E-state index contributed by atoms with van der Waals surface area (Å²) >= 11 is 0. The van der Waals surface area contributed by atoms with E-state index in [1.807, 2.05) is 0 Å². The molecule has 0 bridgehead atoms. The fraction of sp³-hybridized carbons (Fsp3) is 1.00. The Labute approximate surface area is 94.4 Å². The molecule has 1 aliphatic carbocycles. The first-order valence-corrected chi connectivity index (χ1v) is 6.77. The number of nitrogens with zero attached hydrogens (tertiary/aromatic N) is 1. The van der Waals surface area contributed by atoms with Gasteiger partial charge >= 0.3 is 0 Å². The van der Waals surface area contributed by atoms with Crippen LogP contribution in [0.1, 0.15) is 44.9 Å². The van der Waals surface area contributed by atoms with E-state index < -0.39 is 0 Å². The first-order chi connectivity index (χ1) is 7.36. The summed E-state index contributed by atoms with van der Waals surface area (Å²) in [5.41, 5.74) is 0. The van der Waals surface area contributed by atoms with Crippen LogP contribution in [0.4, 0.5) is 0 Å². The molecule has 1 saturated heterocycles. The van der Waals surface area contributed by atoms with Gasteiger partial charge in [-0.05, 0) is 64.7 Å². The summed E-state index contributed by atoms with van der Waals surface area (Å²) in [6, 6.07) is 0.909. The number of rotatable bonds is 5. The van der Waals surface area contributed by atoms with Crippen molar-refractivity contribution in [2.45, 2.75) is 51.0 Å². The predicted octanol–water partition coefficient (Wildman–Crippen LogP) is 2.25. The summed E-state index contributed by atoms with van der Waals surface area (Å²) < 4.78 is 0. The Kier molecular flexibility index (Phi) is 4.45. The Bertz CT molecular complexity index is 169.